The van der Waals surface area contributed by atoms with E-state index in [9.17, 15) is 0 Å². The number of nitrogens with two attached hydrogens (primary N) is 1. The van der Waals surface area contributed by atoms with E-state index in [4.69, 9.17) is 17.3 Å². The van der Waals surface area contributed by atoms with Crippen molar-refractivity contribution in [3.63, 3.8) is 0 Å². The molecule has 0 spiro atoms. The number of rotatable bonds is 3. The Labute approximate surface area is 121 Å². The number of hydrogen-bond acceptors (Lipinski definition) is 2. The van der Waals surface area contributed by atoms with Crippen LogP contribution in [-0.4, -0.2) is 13.1 Å². The van der Waals surface area contributed by atoms with Gasteiger partial charge < -0.3 is 10.6 Å². The van der Waals surface area contributed by atoms with Crippen LogP contribution >= 0.6 is 11.6 Å². The Kier molecular flexibility index (Phi) is 5.12. The largest absolute Gasteiger partial charge is 0.370 e. The first-order valence-corrected chi connectivity index (χ1v) is 7.75. The predicted octanol–water partition coefficient (Wildman–Crippen LogP) is 4.52. The molecule has 0 unspecified atom stereocenters. The number of anilines is 1. The van der Waals surface area contributed by atoms with Gasteiger partial charge in [-0.05, 0) is 37.5 Å². The zero-order chi connectivity index (χ0) is 13.8. The molecule has 2 nitrogen and oxygen atoms in total. The number of benzene rings is 1. The van der Waals surface area contributed by atoms with Gasteiger partial charge in [-0.1, -0.05) is 43.4 Å². The first kappa shape index (κ1) is 14.7. The minimum Gasteiger partial charge on any atom is -0.370 e. The fourth-order valence-electron chi connectivity index (χ4n) is 2.93. The van der Waals surface area contributed by atoms with Crippen LogP contribution in [0.1, 0.15) is 57.1 Å². The second-order valence-corrected chi connectivity index (χ2v) is 6.16. The Balaban J connectivity index is 2.15. The molecule has 0 heterocycles. The van der Waals surface area contributed by atoms with Crippen molar-refractivity contribution < 1.29 is 0 Å². The van der Waals surface area contributed by atoms with Gasteiger partial charge in [-0.15, -0.1) is 0 Å². The van der Waals surface area contributed by atoms with Gasteiger partial charge in [0.25, 0.3) is 0 Å². The van der Waals surface area contributed by atoms with E-state index >= 15 is 0 Å². The van der Waals surface area contributed by atoms with Crippen LogP contribution in [0.15, 0.2) is 18.2 Å². The van der Waals surface area contributed by atoms with E-state index in [1.807, 2.05) is 13.0 Å². The summed E-state index contributed by atoms with van der Waals surface area (Å²) >= 11 is 6.43. The second-order valence-electron chi connectivity index (χ2n) is 5.76. The lowest BCUT2D eigenvalue weighted by Crippen LogP contribution is -2.31. The van der Waals surface area contributed by atoms with Crippen molar-refractivity contribution in [3.8, 4) is 0 Å². The summed E-state index contributed by atoms with van der Waals surface area (Å²) in [6.07, 6.45) is 7.99. The SMILES string of the molecule is C[C@H](N)c1ccc(N(C)C2CCCCCC2)c(Cl)c1. The third-order valence-electron chi connectivity index (χ3n) is 4.25. The quantitative estimate of drug-likeness (QED) is 0.825. The molecule has 19 heavy (non-hydrogen) atoms. The van der Waals surface area contributed by atoms with Crippen LogP contribution in [0.4, 0.5) is 5.69 Å². The molecule has 1 atom stereocenters. The molecule has 1 saturated carbocycles. The van der Waals surface area contributed by atoms with Gasteiger partial charge >= 0.3 is 0 Å². The van der Waals surface area contributed by atoms with Gasteiger partial charge in [-0.2, -0.15) is 0 Å². The van der Waals surface area contributed by atoms with Crippen LogP contribution in [0.5, 0.6) is 0 Å². The zero-order valence-corrected chi connectivity index (χ0v) is 12.8. The van der Waals surface area contributed by atoms with Gasteiger partial charge in [0.15, 0.2) is 0 Å². The molecular weight excluding hydrogens is 256 g/mol. The summed E-state index contributed by atoms with van der Waals surface area (Å²) < 4.78 is 0. The van der Waals surface area contributed by atoms with Gasteiger partial charge in [-0.25, -0.2) is 0 Å². The monoisotopic (exact) mass is 280 g/mol. The van der Waals surface area contributed by atoms with Gasteiger partial charge in [0.05, 0.1) is 10.7 Å². The Bertz CT molecular complexity index is 409. The summed E-state index contributed by atoms with van der Waals surface area (Å²) in [5.74, 6) is 0. The molecule has 1 fully saturated rings. The van der Waals surface area contributed by atoms with Crippen molar-refractivity contribution >= 4 is 17.3 Å². The lowest BCUT2D eigenvalue weighted by Gasteiger charge is -2.30. The molecule has 2 rings (SSSR count). The molecule has 0 aromatic heterocycles. The molecule has 1 aromatic carbocycles. The van der Waals surface area contributed by atoms with Crippen LogP contribution in [-0.2, 0) is 0 Å². The number of halogens is 1. The van der Waals surface area contributed by atoms with E-state index in [2.05, 4.69) is 24.1 Å². The highest BCUT2D eigenvalue weighted by Crippen LogP contribution is 2.32. The molecular formula is C16H25ClN2. The molecule has 106 valence electrons. The van der Waals surface area contributed by atoms with E-state index in [0.29, 0.717) is 6.04 Å². The maximum atomic E-state index is 6.43. The summed E-state index contributed by atoms with van der Waals surface area (Å²) in [6, 6.07) is 6.88. The molecule has 0 bridgehead atoms. The van der Waals surface area contributed by atoms with Crippen molar-refractivity contribution in [1.82, 2.24) is 0 Å². The first-order valence-electron chi connectivity index (χ1n) is 7.37. The Morgan fingerprint density at radius 3 is 2.37 bits per heavy atom. The molecule has 0 aliphatic heterocycles. The molecule has 0 amide bonds. The lowest BCUT2D eigenvalue weighted by atomic mass is 10.0. The second kappa shape index (κ2) is 6.62. The van der Waals surface area contributed by atoms with Crippen LogP contribution in [0, 0.1) is 0 Å². The maximum absolute atomic E-state index is 6.43. The van der Waals surface area contributed by atoms with Crippen LogP contribution in [0.25, 0.3) is 0 Å². The Morgan fingerprint density at radius 1 is 1.21 bits per heavy atom. The predicted molar refractivity (Wildman–Crippen MR) is 83.9 cm³/mol. The minimum atomic E-state index is 0.0368. The summed E-state index contributed by atoms with van der Waals surface area (Å²) in [5, 5.41) is 0.821. The standard InChI is InChI=1S/C16H25ClN2/c1-12(18)13-9-10-16(15(17)11-13)19(2)14-7-5-3-4-6-8-14/h9-12,14H,3-8,18H2,1-2H3/t12-/m0/s1. The van der Waals surface area contributed by atoms with Gasteiger partial charge in [-0.3, -0.25) is 0 Å². The summed E-state index contributed by atoms with van der Waals surface area (Å²) in [4.78, 5) is 2.36. The van der Waals surface area contributed by atoms with Crippen molar-refractivity contribution in [1.29, 1.82) is 0 Å². The average Bonchev–Trinajstić information content (AvgIpc) is 2.66. The van der Waals surface area contributed by atoms with Gasteiger partial charge in [0.1, 0.15) is 0 Å². The molecule has 1 aliphatic rings. The van der Waals surface area contributed by atoms with E-state index in [1.165, 1.54) is 38.5 Å². The molecule has 1 aliphatic carbocycles. The normalized spacial score (nSPS) is 18.9. The van der Waals surface area contributed by atoms with E-state index in [-0.39, 0.29) is 6.04 Å². The molecule has 2 N–H and O–H groups in total. The average molecular weight is 281 g/mol. The Hall–Kier alpha value is -0.730. The van der Waals surface area contributed by atoms with Crippen molar-refractivity contribution in [2.75, 3.05) is 11.9 Å². The van der Waals surface area contributed by atoms with Crippen molar-refractivity contribution in [2.24, 2.45) is 5.73 Å². The van der Waals surface area contributed by atoms with Gasteiger partial charge in [0.2, 0.25) is 0 Å². The van der Waals surface area contributed by atoms with Crippen LogP contribution in [0.2, 0.25) is 5.02 Å². The molecule has 0 saturated heterocycles. The maximum Gasteiger partial charge on any atom is 0.0642 e. The molecule has 0 radical (unpaired) electrons. The van der Waals surface area contributed by atoms with E-state index in [1.54, 1.807) is 0 Å². The minimum absolute atomic E-state index is 0.0368. The smallest absolute Gasteiger partial charge is 0.0642 e. The van der Waals surface area contributed by atoms with E-state index in [0.717, 1.165) is 16.3 Å². The highest BCUT2D eigenvalue weighted by molar-refractivity contribution is 6.33. The van der Waals surface area contributed by atoms with Crippen molar-refractivity contribution in [2.45, 2.75) is 57.5 Å². The lowest BCUT2D eigenvalue weighted by molar-refractivity contribution is 0.553. The highest BCUT2D eigenvalue weighted by Gasteiger charge is 2.19. The number of hydrogen-bond donors (Lipinski definition) is 1. The first-order chi connectivity index (χ1) is 9.09. The van der Waals surface area contributed by atoms with E-state index < -0.39 is 0 Å². The molecule has 1 aromatic rings. The third kappa shape index (κ3) is 3.64. The topological polar surface area (TPSA) is 29.3 Å². The zero-order valence-electron chi connectivity index (χ0n) is 12.0. The highest BCUT2D eigenvalue weighted by atomic mass is 35.5. The van der Waals surface area contributed by atoms with Gasteiger partial charge in [0, 0.05) is 19.1 Å². The fourth-order valence-corrected chi connectivity index (χ4v) is 3.26. The Morgan fingerprint density at radius 2 is 1.84 bits per heavy atom. The fraction of sp³-hybridized carbons (Fsp3) is 0.625. The molecule has 3 heteroatoms. The third-order valence-corrected chi connectivity index (χ3v) is 4.55. The summed E-state index contributed by atoms with van der Waals surface area (Å²) in [7, 11) is 2.17. The van der Waals surface area contributed by atoms with Crippen LogP contribution in [0.3, 0.4) is 0 Å². The summed E-state index contributed by atoms with van der Waals surface area (Å²) in [5.41, 5.74) is 8.14. The summed E-state index contributed by atoms with van der Waals surface area (Å²) in [6.45, 7) is 1.99. The van der Waals surface area contributed by atoms with Crippen molar-refractivity contribution in [3.05, 3.63) is 28.8 Å². The van der Waals surface area contributed by atoms with Crippen LogP contribution < -0.4 is 10.6 Å². The number of nitrogens with zero attached hydrogens (tertiary/aromatic N) is 1.